The van der Waals surface area contributed by atoms with Crippen LogP contribution in [0.5, 0.6) is 0 Å². The molecule has 56 valence electrons. The third-order valence-electron chi connectivity index (χ3n) is 1.15. The minimum Gasteiger partial charge on any atom is -0.461 e. The van der Waals surface area contributed by atoms with Gasteiger partial charge in [0.05, 0.1) is 7.11 Å². The zero-order chi connectivity index (χ0) is 7.56. The van der Waals surface area contributed by atoms with Crippen molar-refractivity contribution in [3.8, 4) is 0 Å². The molecule has 0 aliphatic carbocycles. The van der Waals surface area contributed by atoms with Crippen molar-refractivity contribution in [1.82, 2.24) is 5.32 Å². The standard InChI is InChI=1S/C5H7NO4/c1-9-5(8)6-3-2-10-4(3)7/h3H,2H2,1H3,(H,6,8)/t3-/m0/s1. The lowest BCUT2D eigenvalue weighted by molar-refractivity contribution is -0.162. The molecule has 0 aromatic rings. The van der Waals surface area contributed by atoms with Gasteiger partial charge in [-0.05, 0) is 0 Å². The van der Waals surface area contributed by atoms with Crippen LogP contribution in [0.15, 0.2) is 0 Å². The van der Waals surface area contributed by atoms with Gasteiger partial charge in [0.2, 0.25) is 0 Å². The van der Waals surface area contributed by atoms with Crippen LogP contribution in [0.4, 0.5) is 4.79 Å². The van der Waals surface area contributed by atoms with Crippen molar-refractivity contribution in [2.75, 3.05) is 13.7 Å². The minimum atomic E-state index is -0.610. The van der Waals surface area contributed by atoms with Crippen LogP contribution in [0, 0.1) is 0 Å². The average molecular weight is 145 g/mol. The van der Waals surface area contributed by atoms with Crippen LogP contribution in [-0.4, -0.2) is 31.8 Å². The molecule has 0 spiro atoms. The number of carbonyl (C=O) groups excluding carboxylic acids is 2. The van der Waals surface area contributed by atoms with E-state index in [1.807, 2.05) is 0 Å². The van der Waals surface area contributed by atoms with Gasteiger partial charge in [-0.2, -0.15) is 0 Å². The van der Waals surface area contributed by atoms with E-state index in [2.05, 4.69) is 14.8 Å². The summed E-state index contributed by atoms with van der Waals surface area (Å²) in [5.74, 6) is -0.412. The van der Waals surface area contributed by atoms with Gasteiger partial charge in [0, 0.05) is 0 Å². The normalized spacial score (nSPS) is 22.5. The van der Waals surface area contributed by atoms with Gasteiger partial charge in [-0.1, -0.05) is 0 Å². The molecule has 1 aliphatic heterocycles. The Hall–Kier alpha value is -1.26. The predicted octanol–water partition coefficient (Wildman–Crippen LogP) is -0.732. The van der Waals surface area contributed by atoms with Crippen LogP contribution in [0.2, 0.25) is 0 Å². The summed E-state index contributed by atoms with van der Waals surface area (Å²) in [5.41, 5.74) is 0. The number of ether oxygens (including phenoxy) is 2. The lowest BCUT2D eigenvalue weighted by Gasteiger charge is -2.24. The first-order valence-electron chi connectivity index (χ1n) is 2.75. The summed E-state index contributed by atoms with van der Waals surface area (Å²) in [6.07, 6.45) is -0.610. The van der Waals surface area contributed by atoms with Crippen molar-refractivity contribution in [3.63, 3.8) is 0 Å². The lowest BCUT2D eigenvalue weighted by Crippen LogP contribution is -2.52. The fraction of sp³-hybridized carbons (Fsp3) is 0.600. The van der Waals surface area contributed by atoms with Gasteiger partial charge in [0.15, 0.2) is 6.04 Å². The maximum Gasteiger partial charge on any atom is 0.407 e. The van der Waals surface area contributed by atoms with Crippen molar-refractivity contribution < 1.29 is 19.1 Å². The van der Waals surface area contributed by atoms with E-state index in [-0.39, 0.29) is 6.61 Å². The Bertz CT molecular complexity index is 167. The maximum absolute atomic E-state index is 10.4. The summed E-state index contributed by atoms with van der Waals surface area (Å²) in [7, 11) is 1.24. The zero-order valence-electron chi connectivity index (χ0n) is 5.42. The first-order valence-corrected chi connectivity index (χ1v) is 2.75. The quantitative estimate of drug-likeness (QED) is 0.494. The third-order valence-corrected chi connectivity index (χ3v) is 1.15. The van der Waals surface area contributed by atoms with E-state index in [9.17, 15) is 9.59 Å². The van der Waals surface area contributed by atoms with Gasteiger partial charge < -0.3 is 14.8 Å². The van der Waals surface area contributed by atoms with Crippen molar-refractivity contribution in [3.05, 3.63) is 0 Å². The summed E-state index contributed by atoms with van der Waals surface area (Å²) in [6.45, 7) is 0.244. The number of nitrogens with one attached hydrogen (secondary N) is 1. The van der Waals surface area contributed by atoms with E-state index < -0.39 is 18.1 Å². The lowest BCUT2D eigenvalue weighted by atomic mass is 10.2. The highest BCUT2D eigenvalue weighted by Crippen LogP contribution is 2.01. The minimum absolute atomic E-state index is 0.244. The summed E-state index contributed by atoms with van der Waals surface area (Å²) < 4.78 is 8.63. The number of alkyl carbamates (subject to hydrolysis) is 1. The molecule has 5 nitrogen and oxygen atoms in total. The maximum atomic E-state index is 10.4. The number of carbonyl (C=O) groups is 2. The first kappa shape index (κ1) is 6.85. The Morgan fingerprint density at radius 2 is 2.60 bits per heavy atom. The van der Waals surface area contributed by atoms with Gasteiger partial charge >= 0.3 is 12.1 Å². The van der Waals surface area contributed by atoms with E-state index in [1.54, 1.807) is 0 Å². The third kappa shape index (κ3) is 1.18. The fourth-order valence-corrected chi connectivity index (χ4v) is 0.536. The zero-order valence-corrected chi connectivity index (χ0v) is 5.42. The molecule has 1 heterocycles. The van der Waals surface area contributed by atoms with Crippen LogP contribution in [0.1, 0.15) is 0 Å². The van der Waals surface area contributed by atoms with Gasteiger partial charge in [0.1, 0.15) is 6.61 Å². The summed E-state index contributed by atoms with van der Waals surface area (Å²) in [6, 6.07) is -0.507. The highest BCUT2D eigenvalue weighted by atomic mass is 16.6. The molecule has 1 atom stereocenters. The summed E-state index contributed by atoms with van der Waals surface area (Å²) in [5, 5.41) is 2.28. The van der Waals surface area contributed by atoms with Gasteiger partial charge in [-0.15, -0.1) is 0 Å². The number of rotatable bonds is 1. The Morgan fingerprint density at radius 1 is 1.90 bits per heavy atom. The second kappa shape index (κ2) is 2.55. The first-order chi connectivity index (χ1) is 4.74. The second-order valence-electron chi connectivity index (χ2n) is 1.82. The molecule has 0 bridgehead atoms. The van der Waals surface area contributed by atoms with Crippen molar-refractivity contribution in [1.29, 1.82) is 0 Å². The van der Waals surface area contributed by atoms with Crippen molar-refractivity contribution in [2.24, 2.45) is 0 Å². The Kier molecular flexibility index (Phi) is 1.75. The van der Waals surface area contributed by atoms with Crippen molar-refractivity contribution in [2.45, 2.75) is 6.04 Å². The molecule has 0 radical (unpaired) electrons. The molecule has 10 heavy (non-hydrogen) atoms. The molecule has 5 heteroatoms. The number of amides is 1. The Morgan fingerprint density at radius 3 is 2.90 bits per heavy atom. The SMILES string of the molecule is COC(=O)N[C@H]1COC1=O. The Balaban J connectivity index is 2.25. The number of cyclic esters (lactones) is 1. The summed E-state index contributed by atoms with van der Waals surface area (Å²) >= 11 is 0. The van der Waals surface area contributed by atoms with Crippen LogP contribution >= 0.6 is 0 Å². The fourth-order valence-electron chi connectivity index (χ4n) is 0.536. The molecule has 1 saturated heterocycles. The largest absolute Gasteiger partial charge is 0.461 e. The number of esters is 1. The Labute approximate surface area is 57.3 Å². The monoisotopic (exact) mass is 145 g/mol. The molecule has 1 amide bonds. The molecule has 1 fully saturated rings. The molecular formula is C5H7NO4. The number of hydrogen-bond acceptors (Lipinski definition) is 4. The smallest absolute Gasteiger partial charge is 0.407 e. The molecule has 0 saturated carbocycles. The van der Waals surface area contributed by atoms with Crippen LogP contribution in [0.25, 0.3) is 0 Å². The van der Waals surface area contributed by atoms with Gasteiger partial charge in [-0.25, -0.2) is 9.59 Å². The molecule has 0 aromatic carbocycles. The van der Waals surface area contributed by atoms with E-state index >= 15 is 0 Å². The number of methoxy groups -OCH3 is 1. The average Bonchev–Trinajstić information content (AvgIpc) is 1.96. The van der Waals surface area contributed by atoms with Gasteiger partial charge in [0.25, 0.3) is 0 Å². The van der Waals surface area contributed by atoms with Crippen LogP contribution in [-0.2, 0) is 14.3 Å². The molecule has 1 N–H and O–H groups in total. The van der Waals surface area contributed by atoms with E-state index in [4.69, 9.17) is 0 Å². The van der Waals surface area contributed by atoms with E-state index in [0.29, 0.717) is 0 Å². The molecule has 1 aliphatic rings. The van der Waals surface area contributed by atoms with Crippen LogP contribution in [0.3, 0.4) is 0 Å². The predicted molar refractivity (Wildman–Crippen MR) is 30.3 cm³/mol. The van der Waals surface area contributed by atoms with Crippen LogP contribution < -0.4 is 5.32 Å². The molecule has 0 unspecified atom stereocenters. The van der Waals surface area contributed by atoms with Gasteiger partial charge in [-0.3, -0.25) is 0 Å². The highest BCUT2D eigenvalue weighted by Gasteiger charge is 2.32. The topological polar surface area (TPSA) is 64.6 Å². The molecule has 1 rings (SSSR count). The van der Waals surface area contributed by atoms with E-state index in [1.165, 1.54) is 7.11 Å². The summed E-state index contributed by atoms with van der Waals surface area (Å²) in [4.78, 5) is 20.8. The van der Waals surface area contributed by atoms with Crippen molar-refractivity contribution >= 4 is 12.1 Å². The number of hydrogen-bond donors (Lipinski definition) is 1. The molecular weight excluding hydrogens is 138 g/mol. The molecule has 0 aromatic heterocycles. The second-order valence-corrected chi connectivity index (χ2v) is 1.82. The van der Waals surface area contributed by atoms with E-state index in [0.717, 1.165) is 0 Å². The highest BCUT2D eigenvalue weighted by molar-refractivity contribution is 5.85.